The van der Waals surface area contributed by atoms with Crippen molar-refractivity contribution in [1.82, 2.24) is 0 Å². The Labute approximate surface area is 126 Å². The second kappa shape index (κ2) is 6.30. The SMILES string of the molecule is CC(=O)c1ccc2ccccc2c1OCC1CCCCC1. The van der Waals surface area contributed by atoms with Crippen molar-refractivity contribution in [3.63, 3.8) is 0 Å². The summed E-state index contributed by atoms with van der Waals surface area (Å²) in [5.74, 6) is 1.48. The van der Waals surface area contributed by atoms with Gasteiger partial charge in [-0.25, -0.2) is 0 Å². The van der Waals surface area contributed by atoms with E-state index in [-0.39, 0.29) is 5.78 Å². The Balaban J connectivity index is 1.90. The van der Waals surface area contributed by atoms with Crippen LogP contribution in [0.15, 0.2) is 36.4 Å². The monoisotopic (exact) mass is 282 g/mol. The summed E-state index contributed by atoms with van der Waals surface area (Å²) in [6.45, 7) is 2.34. The van der Waals surface area contributed by atoms with Crippen molar-refractivity contribution in [2.75, 3.05) is 6.61 Å². The molecule has 110 valence electrons. The smallest absolute Gasteiger partial charge is 0.163 e. The zero-order valence-electron chi connectivity index (χ0n) is 12.6. The van der Waals surface area contributed by atoms with Gasteiger partial charge in [-0.3, -0.25) is 4.79 Å². The fourth-order valence-electron chi connectivity index (χ4n) is 3.23. The fraction of sp³-hybridized carbons (Fsp3) is 0.421. The number of ketones is 1. The summed E-state index contributed by atoms with van der Waals surface area (Å²) in [5, 5.41) is 2.17. The van der Waals surface area contributed by atoms with Gasteiger partial charge in [0.15, 0.2) is 5.78 Å². The average Bonchev–Trinajstić information content (AvgIpc) is 2.53. The Hall–Kier alpha value is -1.83. The lowest BCUT2D eigenvalue weighted by Gasteiger charge is -2.22. The molecule has 0 aromatic heterocycles. The molecule has 0 N–H and O–H groups in total. The van der Waals surface area contributed by atoms with Crippen LogP contribution < -0.4 is 4.74 Å². The molecule has 2 aromatic rings. The number of fused-ring (bicyclic) bond motifs is 1. The van der Waals surface area contributed by atoms with Gasteiger partial charge in [0.1, 0.15) is 5.75 Å². The molecule has 0 radical (unpaired) electrons. The van der Waals surface area contributed by atoms with Crippen LogP contribution in [-0.2, 0) is 0 Å². The first kappa shape index (κ1) is 14.1. The number of carbonyl (C=O) groups is 1. The average molecular weight is 282 g/mol. The second-order valence-corrected chi connectivity index (χ2v) is 6.03. The molecule has 0 spiro atoms. The predicted molar refractivity (Wildman–Crippen MR) is 86.0 cm³/mol. The first-order valence-electron chi connectivity index (χ1n) is 7.91. The van der Waals surface area contributed by atoms with Crippen molar-refractivity contribution < 1.29 is 9.53 Å². The number of hydrogen-bond donors (Lipinski definition) is 0. The van der Waals surface area contributed by atoms with Gasteiger partial charge in [-0.05, 0) is 37.1 Å². The van der Waals surface area contributed by atoms with Crippen molar-refractivity contribution in [3.05, 3.63) is 42.0 Å². The summed E-state index contributed by atoms with van der Waals surface area (Å²) >= 11 is 0. The molecule has 0 atom stereocenters. The molecular formula is C19H22O2. The van der Waals surface area contributed by atoms with E-state index < -0.39 is 0 Å². The van der Waals surface area contributed by atoms with Crippen molar-refractivity contribution >= 4 is 16.6 Å². The van der Waals surface area contributed by atoms with E-state index in [0.717, 1.165) is 23.1 Å². The molecule has 2 heteroatoms. The van der Waals surface area contributed by atoms with Crippen LogP contribution >= 0.6 is 0 Å². The standard InChI is InChI=1S/C19H22O2/c1-14(20)17-12-11-16-9-5-6-10-18(16)19(17)21-13-15-7-3-2-4-8-15/h5-6,9-12,15H,2-4,7-8,13H2,1H3. The van der Waals surface area contributed by atoms with Crippen LogP contribution in [0.5, 0.6) is 5.75 Å². The maximum atomic E-state index is 11.9. The number of hydrogen-bond acceptors (Lipinski definition) is 2. The van der Waals surface area contributed by atoms with Gasteiger partial charge in [0, 0.05) is 5.39 Å². The maximum Gasteiger partial charge on any atom is 0.163 e. The molecule has 1 saturated carbocycles. The molecule has 0 saturated heterocycles. The normalized spacial score (nSPS) is 16.0. The van der Waals surface area contributed by atoms with Gasteiger partial charge in [0.05, 0.1) is 12.2 Å². The Morgan fingerprint density at radius 1 is 1.10 bits per heavy atom. The third-order valence-corrected chi connectivity index (χ3v) is 4.45. The number of Topliss-reactive ketones (excluding diaryl/α,β-unsaturated/α-hetero) is 1. The van der Waals surface area contributed by atoms with Crippen LogP contribution in [0.25, 0.3) is 10.8 Å². The van der Waals surface area contributed by atoms with E-state index in [2.05, 4.69) is 6.07 Å². The molecule has 2 aromatic carbocycles. The van der Waals surface area contributed by atoms with E-state index in [9.17, 15) is 4.79 Å². The molecule has 0 amide bonds. The fourth-order valence-corrected chi connectivity index (χ4v) is 3.23. The van der Waals surface area contributed by atoms with E-state index in [1.54, 1.807) is 6.92 Å². The van der Waals surface area contributed by atoms with E-state index in [4.69, 9.17) is 4.74 Å². The maximum absolute atomic E-state index is 11.9. The Kier molecular flexibility index (Phi) is 4.23. The van der Waals surface area contributed by atoms with Crippen LogP contribution in [0.4, 0.5) is 0 Å². The summed E-state index contributed by atoms with van der Waals surface area (Å²) in [4.78, 5) is 11.9. The van der Waals surface area contributed by atoms with Gasteiger partial charge in [0.25, 0.3) is 0 Å². The Morgan fingerprint density at radius 3 is 2.62 bits per heavy atom. The summed E-state index contributed by atoms with van der Waals surface area (Å²) in [7, 11) is 0. The highest BCUT2D eigenvalue weighted by Gasteiger charge is 2.17. The zero-order valence-corrected chi connectivity index (χ0v) is 12.6. The third-order valence-electron chi connectivity index (χ3n) is 4.45. The van der Waals surface area contributed by atoms with Crippen molar-refractivity contribution in [1.29, 1.82) is 0 Å². The minimum Gasteiger partial charge on any atom is -0.492 e. The van der Waals surface area contributed by atoms with Crippen molar-refractivity contribution in [2.45, 2.75) is 39.0 Å². The molecule has 0 bridgehead atoms. The quantitative estimate of drug-likeness (QED) is 0.737. The van der Waals surface area contributed by atoms with Crippen molar-refractivity contribution in [3.8, 4) is 5.75 Å². The zero-order chi connectivity index (χ0) is 14.7. The molecule has 1 fully saturated rings. The summed E-state index contributed by atoms with van der Waals surface area (Å²) in [5.41, 5.74) is 0.699. The van der Waals surface area contributed by atoms with Gasteiger partial charge in [-0.1, -0.05) is 49.6 Å². The molecule has 2 nitrogen and oxygen atoms in total. The molecular weight excluding hydrogens is 260 g/mol. The molecule has 0 unspecified atom stereocenters. The number of carbonyl (C=O) groups excluding carboxylic acids is 1. The van der Waals surface area contributed by atoms with E-state index in [0.29, 0.717) is 11.5 Å². The molecule has 21 heavy (non-hydrogen) atoms. The lowest BCUT2D eigenvalue weighted by atomic mass is 9.90. The molecule has 0 aliphatic heterocycles. The molecule has 1 aliphatic carbocycles. The highest BCUT2D eigenvalue weighted by atomic mass is 16.5. The molecule has 0 heterocycles. The predicted octanol–water partition coefficient (Wildman–Crippen LogP) is 5.00. The second-order valence-electron chi connectivity index (χ2n) is 6.03. The highest BCUT2D eigenvalue weighted by molar-refractivity contribution is 6.03. The van der Waals surface area contributed by atoms with Gasteiger partial charge in [-0.15, -0.1) is 0 Å². The van der Waals surface area contributed by atoms with Crippen LogP contribution in [-0.4, -0.2) is 12.4 Å². The number of benzene rings is 2. The first-order chi connectivity index (χ1) is 10.3. The van der Waals surface area contributed by atoms with E-state index >= 15 is 0 Å². The molecule has 1 aliphatic rings. The first-order valence-corrected chi connectivity index (χ1v) is 7.91. The van der Waals surface area contributed by atoms with Gasteiger partial charge >= 0.3 is 0 Å². The third kappa shape index (κ3) is 3.10. The summed E-state index contributed by atoms with van der Waals surface area (Å²) in [6, 6.07) is 12.0. The largest absolute Gasteiger partial charge is 0.492 e. The van der Waals surface area contributed by atoms with Crippen LogP contribution in [0, 0.1) is 5.92 Å². The lowest BCUT2D eigenvalue weighted by molar-refractivity contribution is 0.101. The van der Waals surface area contributed by atoms with Crippen LogP contribution in [0.1, 0.15) is 49.4 Å². The molecule has 3 rings (SSSR count). The number of ether oxygens (including phenoxy) is 1. The van der Waals surface area contributed by atoms with Gasteiger partial charge in [-0.2, -0.15) is 0 Å². The van der Waals surface area contributed by atoms with Crippen molar-refractivity contribution in [2.24, 2.45) is 5.92 Å². The Morgan fingerprint density at radius 2 is 1.86 bits per heavy atom. The highest BCUT2D eigenvalue weighted by Crippen LogP contribution is 2.32. The summed E-state index contributed by atoms with van der Waals surface area (Å²) < 4.78 is 6.13. The minimum atomic E-state index is 0.0689. The van der Waals surface area contributed by atoms with Crippen LogP contribution in [0.2, 0.25) is 0 Å². The topological polar surface area (TPSA) is 26.3 Å². The lowest BCUT2D eigenvalue weighted by Crippen LogP contribution is -2.16. The van der Waals surface area contributed by atoms with E-state index in [1.807, 2.05) is 30.3 Å². The summed E-state index contributed by atoms with van der Waals surface area (Å²) in [6.07, 6.45) is 6.47. The van der Waals surface area contributed by atoms with Crippen LogP contribution in [0.3, 0.4) is 0 Å². The Bertz CT molecular complexity index is 639. The van der Waals surface area contributed by atoms with E-state index in [1.165, 1.54) is 32.1 Å². The van der Waals surface area contributed by atoms with Gasteiger partial charge < -0.3 is 4.74 Å². The number of rotatable bonds is 4. The minimum absolute atomic E-state index is 0.0689. The van der Waals surface area contributed by atoms with Gasteiger partial charge in [0.2, 0.25) is 0 Å².